The molecule has 166 valence electrons. The molecule has 0 aliphatic heterocycles. The van der Waals surface area contributed by atoms with E-state index < -0.39 is 11.9 Å². The SMILES string of the molecule is Cc1nn(-c2cc(Cc3nn(C)c(-c4ccc(C(F)(F)F)nc4)c3C)ncn2)c(C)c1Cl. The van der Waals surface area contributed by atoms with Crippen molar-refractivity contribution in [3.8, 4) is 17.1 Å². The Hall–Kier alpha value is -3.27. The molecular formula is C21H19ClF3N7. The van der Waals surface area contributed by atoms with Gasteiger partial charge in [-0.1, -0.05) is 11.6 Å². The number of aryl methyl sites for hydroxylation is 2. The van der Waals surface area contributed by atoms with E-state index in [1.807, 2.05) is 26.8 Å². The van der Waals surface area contributed by atoms with Gasteiger partial charge >= 0.3 is 6.18 Å². The average Bonchev–Trinajstić information content (AvgIpc) is 3.17. The lowest BCUT2D eigenvalue weighted by Gasteiger charge is -2.08. The van der Waals surface area contributed by atoms with Gasteiger partial charge in [0.1, 0.15) is 12.0 Å². The molecular weight excluding hydrogens is 443 g/mol. The summed E-state index contributed by atoms with van der Waals surface area (Å²) < 4.78 is 41.8. The van der Waals surface area contributed by atoms with Crippen molar-refractivity contribution in [3.05, 3.63) is 69.8 Å². The molecule has 0 aromatic carbocycles. The zero-order valence-electron chi connectivity index (χ0n) is 17.7. The Morgan fingerprint density at radius 3 is 2.38 bits per heavy atom. The van der Waals surface area contributed by atoms with Crippen LogP contribution in [0.15, 0.2) is 30.7 Å². The van der Waals surface area contributed by atoms with Crippen LogP contribution in [0.4, 0.5) is 13.2 Å². The zero-order chi connectivity index (χ0) is 23.2. The predicted molar refractivity (Wildman–Crippen MR) is 113 cm³/mol. The van der Waals surface area contributed by atoms with Crippen LogP contribution >= 0.6 is 11.6 Å². The van der Waals surface area contributed by atoms with E-state index in [0.717, 1.165) is 28.7 Å². The third kappa shape index (κ3) is 3.97. The van der Waals surface area contributed by atoms with Crippen LogP contribution in [0, 0.1) is 20.8 Å². The third-order valence-corrected chi connectivity index (χ3v) is 5.73. The van der Waals surface area contributed by atoms with Gasteiger partial charge in [-0.25, -0.2) is 14.6 Å². The number of nitrogens with zero attached hydrogens (tertiary/aromatic N) is 7. The Morgan fingerprint density at radius 1 is 1.03 bits per heavy atom. The van der Waals surface area contributed by atoms with Crippen molar-refractivity contribution in [2.75, 3.05) is 0 Å². The monoisotopic (exact) mass is 461 g/mol. The van der Waals surface area contributed by atoms with Crippen molar-refractivity contribution in [2.24, 2.45) is 7.05 Å². The second-order valence-corrected chi connectivity index (χ2v) is 7.79. The molecule has 0 radical (unpaired) electrons. The smallest absolute Gasteiger partial charge is 0.267 e. The minimum atomic E-state index is -4.48. The molecule has 0 spiro atoms. The van der Waals surface area contributed by atoms with Crippen molar-refractivity contribution >= 4 is 11.6 Å². The van der Waals surface area contributed by atoms with Gasteiger partial charge in [0.05, 0.1) is 33.5 Å². The van der Waals surface area contributed by atoms with Crippen LogP contribution in [-0.4, -0.2) is 34.5 Å². The lowest BCUT2D eigenvalue weighted by molar-refractivity contribution is -0.141. The summed E-state index contributed by atoms with van der Waals surface area (Å²) in [6.45, 7) is 5.55. The molecule has 0 aliphatic rings. The summed E-state index contributed by atoms with van der Waals surface area (Å²) in [5.74, 6) is 0.586. The van der Waals surface area contributed by atoms with Crippen molar-refractivity contribution in [1.82, 2.24) is 34.5 Å². The highest BCUT2D eigenvalue weighted by Crippen LogP contribution is 2.31. The fourth-order valence-electron chi connectivity index (χ4n) is 3.57. The van der Waals surface area contributed by atoms with Gasteiger partial charge in [-0.15, -0.1) is 0 Å². The molecule has 4 aromatic rings. The molecule has 0 bridgehead atoms. The van der Waals surface area contributed by atoms with E-state index in [4.69, 9.17) is 11.6 Å². The number of halogens is 4. The first kappa shape index (κ1) is 21.9. The molecule has 0 N–H and O–H groups in total. The quantitative estimate of drug-likeness (QED) is 0.442. The summed E-state index contributed by atoms with van der Waals surface area (Å²) in [6.07, 6.45) is -1.40. The molecule has 32 heavy (non-hydrogen) atoms. The maximum atomic E-state index is 12.8. The first-order chi connectivity index (χ1) is 15.1. The molecule has 0 unspecified atom stereocenters. The van der Waals surface area contributed by atoms with Crippen LogP contribution in [0.5, 0.6) is 0 Å². The van der Waals surface area contributed by atoms with Crippen molar-refractivity contribution < 1.29 is 13.2 Å². The minimum Gasteiger partial charge on any atom is -0.267 e. The van der Waals surface area contributed by atoms with Gasteiger partial charge in [0.15, 0.2) is 5.82 Å². The molecule has 4 rings (SSSR count). The second kappa shape index (κ2) is 8.01. The van der Waals surface area contributed by atoms with Gasteiger partial charge in [-0.05, 0) is 38.5 Å². The van der Waals surface area contributed by atoms with Crippen LogP contribution in [0.1, 0.15) is 34.0 Å². The minimum absolute atomic E-state index is 0.413. The standard InChI is InChI=1S/C21H19ClF3N7/c1-11-16(30-31(4)20(11)14-5-6-17(26-9-14)21(23,24)25)7-15-8-18(28-10-27-15)32-13(3)19(22)12(2)29-32/h5-6,8-10H,7H2,1-4H3. The maximum Gasteiger partial charge on any atom is 0.433 e. The lowest BCUT2D eigenvalue weighted by atomic mass is 10.1. The highest BCUT2D eigenvalue weighted by Gasteiger charge is 2.32. The molecule has 0 aliphatic carbocycles. The van der Waals surface area contributed by atoms with E-state index in [0.29, 0.717) is 34.2 Å². The molecule has 0 amide bonds. The van der Waals surface area contributed by atoms with Crippen molar-refractivity contribution in [1.29, 1.82) is 0 Å². The van der Waals surface area contributed by atoms with Crippen LogP contribution in [-0.2, 0) is 19.6 Å². The van der Waals surface area contributed by atoms with Gasteiger partial charge in [-0.3, -0.25) is 9.67 Å². The van der Waals surface area contributed by atoms with E-state index in [2.05, 4.69) is 25.1 Å². The summed E-state index contributed by atoms with van der Waals surface area (Å²) in [5, 5.41) is 9.55. The van der Waals surface area contributed by atoms with Crippen molar-refractivity contribution in [2.45, 2.75) is 33.4 Å². The highest BCUT2D eigenvalue weighted by atomic mass is 35.5. The zero-order valence-corrected chi connectivity index (χ0v) is 18.5. The summed E-state index contributed by atoms with van der Waals surface area (Å²) in [4.78, 5) is 12.2. The number of rotatable bonds is 4. The van der Waals surface area contributed by atoms with E-state index in [9.17, 15) is 13.2 Å². The van der Waals surface area contributed by atoms with E-state index >= 15 is 0 Å². The van der Waals surface area contributed by atoms with Gasteiger partial charge in [0.25, 0.3) is 0 Å². The van der Waals surface area contributed by atoms with E-state index in [-0.39, 0.29) is 0 Å². The van der Waals surface area contributed by atoms with Crippen LogP contribution in [0.2, 0.25) is 5.02 Å². The molecule has 0 atom stereocenters. The summed E-state index contributed by atoms with van der Waals surface area (Å²) >= 11 is 6.24. The topological polar surface area (TPSA) is 74.3 Å². The number of aromatic nitrogens is 7. The summed E-state index contributed by atoms with van der Waals surface area (Å²) in [7, 11) is 1.74. The number of hydrogen-bond donors (Lipinski definition) is 0. The Labute approximate surface area is 186 Å². The molecule has 0 saturated heterocycles. The Bertz CT molecular complexity index is 1290. The Morgan fingerprint density at radius 2 is 1.78 bits per heavy atom. The number of alkyl halides is 3. The fourth-order valence-corrected chi connectivity index (χ4v) is 3.69. The van der Waals surface area contributed by atoms with Gasteiger partial charge in [0, 0.05) is 31.3 Å². The van der Waals surface area contributed by atoms with Gasteiger partial charge in [0.2, 0.25) is 0 Å². The van der Waals surface area contributed by atoms with Gasteiger partial charge < -0.3 is 0 Å². The largest absolute Gasteiger partial charge is 0.433 e. The molecule has 0 fully saturated rings. The molecule has 4 aromatic heterocycles. The molecule has 7 nitrogen and oxygen atoms in total. The second-order valence-electron chi connectivity index (χ2n) is 7.41. The number of pyridine rings is 1. The van der Waals surface area contributed by atoms with Crippen LogP contribution in [0.3, 0.4) is 0 Å². The fraction of sp³-hybridized carbons (Fsp3) is 0.286. The lowest BCUT2D eigenvalue weighted by Crippen LogP contribution is -2.07. The Balaban J connectivity index is 1.65. The summed E-state index contributed by atoms with van der Waals surface area (Å²) in [5.41, 5.74) is 4.11. The third-order valence-electron chi connectivity index (χ3n) is 5.19. The van der Waals surface area contributed by atoms with Crippen LogP contribution in [0.25, 0.3) is 17.1 Å². The molecule has 11 heteroatoms. The van der Waals surface area contributed by atoms with Crippen molar-refractivity contribution in [3.63, 3.8) is 0 Å². The van der Waals surface area contributed by atoms with E-state index in [1.165, 1.54) is 18.6 Å². The maximum absolute atomic E-state index is 12.8. The summed E-state index contributed by atoms with van der Waals surface area (Å²) in [6, 6.07) is 4.18. The first-order valence-corrected chi connectivity index (χ1v) is 10.0. The van der Waals surface area contributed by atoms with E-state index in [1.54, 1.807) is 16.4 Å². The average molecular weight is 462 g/mol. The Kier molecular flexibility index (Phi) is 5.49. The predicted octanol–water partition coefficient (Wildman–Crippen LogP) is 4.65. The van der Waals surface area contributed by atoms with Gasteiger partial charge in [-0.2, -0.15) is 23.4 Å². The highest BCUT2D eigenvalue weighted by molar-refractivity contribution is 6.31. The number of hydrogen-bond acceptors (Lipinski definition) is 5. The molecule has 4 heterocycles. The first-order valence-electron chi connectivity index (χ1n) is 9.65. The molecule has 0 saturated carbocycles. The van der Waals surface area contributed by atoms with Crippen LogP contribution < -0.4 is 0 Å². The normalized spacial score (nSPS) is 11.9.